The number of hydrogen-bond donors (Lipinski definition) is 0. The van der Waals surface area contributed by atoms with Crippen molar-refractivity contribution < 1.29 is 26.0 Å². The summed E-state index contributed by atoms with van der Waals surface area (Å²) in [6, 6.07) is 10.7. The van der Waals surface area contributed by atoms with Crippen LogP contribution >= 0.6 is 11.8 Å². The summed E-state index contributed by atoms with van der Waals surface area (Å²) in [5.41, 5.74) is -1.15. The van der Waals surface area contributed by atoms with E-state index in [1.165, 1.54) is 30.0 Å². The van der Waals surface area contributed by atoms with Crippen LogP contribution in [0.5, 0.6) is 0 Å². The molecule has 2 aromatic rings. The van der Waals surface area contributed by atoms with Gasteiger partial charge < -0.3 is 0 Å². The lowest BCUT2D eigenvalue weighted by molar-refractivity contribution is -0.139. The zero-order valence-electron chi connectivity index (χ0n) is 15.4. The van der Waals surface area contributed by atoms with Gasteiger partial charge in [-0.15, -0.1) is 11.8 Å². The van der Waals surface area contributed by atoms with Crippen molar-refractivity contribution in [3.63, 3.8) is 0 Å². The first-order valence-corrected chi connectivity index (χ1v) is 11.4. The van der Waals surface area contributed by atoms with E-state index < -0.39 is 26.7 Å². The third kappa shape index (κ3) is 5.30. The maximum absolute atomic E-state index is 13.6. The number of rotatable bonds is 6. The minimum absolute atomic E-state index is 0.110. The summed E-state index contributed by atoms with van der Waals surface area (Å²) < 4.78 is 79.8. The molecule has 0 radical (unpaired) electrons. The molecule has 29 heavy (non-hydrogen) atoms. The second-order valence-corrected chi connectivity index (χ2v) is 9.56. The van der Waals surface area contributed by atoms with E-state index >= 15 is 0 Å². The van der Waals surface area contributed by atoms with Gasteiger partial charge in [0.05, 0.1) is 10.5 Å². The number of halogens is 4. The van der Waals surface area contributed by atoms with Crippen LogP contribution < -0.4 is 0 Å². The van der Waals surface area contributed by atoms with Gasteiger partial charge in [-0.2, -0.15) is 17.5 Å². The fourth-order valence-electron chi connectivity index (χ4n) is 3.10. The summed E-state index contributed by atoms with van der Waals surface area (Å²) in [4.78, 5) is 1.86. The highest BCUT2D eigenvalue weighted by atomic mass is 32.2. The van der Waals surface area contributed by atoms with E-state index in [0.29, 0.717) is 30.3 Å². The van der Waals surface area contributed by atoms with Crippen molar-refractivity contribution in [2.24, 2.45) is 0 Å². The molecule has 0 aliphatic carbocycles. The highest BCUT2D eigenvalue weighted by Crippen LogP contribution is 2.35. The third-order valence-corrected chi connectivity index (χ3v) is 7.63. The molecule has 3 rings (SSSR count). The van der Waals surface area contributed by atoms with Crippen molar-refractivity contribution in [3.05, 3.63) is 59.9 Å². The van der Waals surface area contributed by atoms with Crippen molar-refractivity contribution in [2.75, 3.05) is 38.5 Å². The van der Waals surface area contributed by atoms with Crippen molar-refractivity contribution >= 4 is 21.8 Å². The molecule has 0 aromatic heterocycles. The average molecular weight is 449 g/mol. The fourth-order valence-corrected chi connectivity index (χ4v) is 5.69. The highest BCUT2D eigenvalue weighted by Gasteiger charge is 2.39. The van der Waals surface area contributed by atoms with Crippen LogP contribution in [0.1, 0.15) is 5.56 Å². The van der Waals surface area contributed by atoms with Gasteiger partial charge in [-0.05, 0) is 24.3 Å². The Balaban J connectivity index is 1.58. The second kappa shape index (κ2) is 9.03. The molecule has 1 heterocycles. The predicted octanol–water partition coefficient (Wildman–Crippen LogP) is 3.94. The third-order valence-electron chi connectivity index (χ3n) is 4.64. The molecule has 4 nitrogen and oxygen atoms in total. The molecular formula is C19H20F4N2O2S2. The minimum Gasteiger partial charge on any atom is -0.300 e. The van der Waals surface area contributed by atoms with Crippen LogP contribution in [-0.4, -0.2) is 56.1 Å². The summed E-state index contributed by atoms with van der Waals surface area (Å²) in [5.74, 6) is 0.349. The van der Waals surface area contributed by atoms with Crippen LogP contribution in [0.3, 0.4) is 0 Å². The van der Waals surface area contributed by atoms with Crippen LogP contribution in [0.4, 0.5) is 17.6 Å². The average Bonchev–Trinajstić information content (AvgIpc) is 2.69. The Morgan fingerprint density at radius 3 is 2.21 bits per heavy atom. The second-order valence-electron chi connectivity index (χ2n) is 6.52. The van der Waals surface area contributed by atoms with Gasteiger partial charge in [0, 0.05) is 43.4 Å². The van der Waals surface area contributed by atoms with Gasteiger partial charge in [0.15, 0.2) is 0 Å². The number of nitrogens with zero attached hydrogens (tertiary/aromatic N) is 2. The molecule has 10 heteroatoms. The lowest BCUT2D eigenvalue weighted by Crippen LogP contribution is -2.49. The number of benzene rings is 2. The molecule has 0 unspecified atom stereocenters. The number of alkyl halides is 3. The normalized spacial score (nSPS) is 16.8. The molecule has 0 atom stereocenters. The van der Waals surface area contributed by atoms with Crippen molar-refractivity contribution in [3.8, 4) is 0 Å². The summed E-state index contributed by atoms with van der Waals surface area (Å²) in [6.45, 7) is 1.67. The molecule has 0 saturated carbocycles. The Morgan fingerprint density at radius 2 is 1.55 bits per heavy atom. The molecule has 0 bridgehead atoms. The molecule has 0 spiro atoms. The van der Waals surface area contributed by atoms with Crippen LogP contribution in [0.15, 0.2) is 58.3 Å². The smallest absolute Gasteiger partial charge is 0.300 e. The predicted molar refractivity (Wildman–Crippen MR) is 104 cm³/mol. The monoisotopic (exact) mass is 448 g/mol. The first-order valence-electron chi connectivity index (χ1n) is 8.95. The lowest BCUT2D eigenvalue weighted by Gasteiger charge is -2.34. The highest BCUT2D eigenvalue weighted by molar-refractivity contribution is 7.99. The summed E-state index contributed by atoms with van der Waals surface area (Å²) in [7, 11) is -4.24. The standard InChI is InChI=1S/C19H20F4N2O2S2/c20-16-6-2-3-7-17(16)28-14-13-24-9-11-25(12-10-24)29(26,27)18-8-4-1-5-15(18)19(21,22)23/h1-8H,9-14H2. The van der Waals surface area contributed by atoms with Crippen LogP contribution in [0, 0.1) is 5.82 Å². The van der Waals surface area contributed by atoms with Crippen LogP contribution in [0.2, 0.25) is 0 Å². The molecule has 158 valence electrons. The molecule has 1 aliphatic rings. The van der Waals surface area contributed by atoms with Crippen molar-refractivity contribution in [1.29, 1.82) is 0 Å². The van der Waals surface area contributed by atoms with Crippen molar-refractivity contribution in [1.82, 2.24) is 9.21 Å². The maximum Gasteiger partial charge on any atom is 0.417 e. The number of piperazine rings is 1. The van der Waals surface area contributed by atoms with E-state index in [0.717, 1.165) is 16.4 Å². The van der Waals surface area contributed by atoms with Gasteiger partial charge in [-0.3, -0.25) is 4.90 Å². The van der Waals surface area contributed by atoms with Gasteiger partial charge >= 0.3 is 6.18 Å². The molecule has 1 aliphatic heterocycles. The number of hydrogen-bond acceptors (Lipinski definition) is 4. The first kappa shape index (κ1) is 22.1. The Hall–Kier alpha value is -1.62. The van der Waals surface area contributed by atoms with Gasteiger partial charge in [0.2, 0.25) is 10.0 Å². The van der Waals surface area contributed by atoms with Gasteiger partial charge in [0.25, 0.3) is 0 Å². The van der Waals surface area contributed by atoms with Crippen LogP contribution in [-0.2, 0) is 16.2 Å². The van der Waals surface area contributed by atoms with E-state index in [4.69, 9.17) is 0 Å². The molecular weight excluding hydrogens is 428 g/mol. The van der Waals surface area contributed by atoms with Gasteiger partial charge in [-0.25, -0.2) is 12.8 Å². The van der Waals surface area contributed by atoms with E-state index in [9.17, 15) is 26.0 Å². The summed E-state index contributed by atoms with van der Waals surface area (Å²) in [5, 5.41) is 0. The van der Waals surface area contributed by atoms with Crippen LogP contribution in [0.25, 0.3) is 0 Å². The summed E-state index contributed by atoms with van der Waals surface area (Å²) in [6.07, 6.45) is -4.74. The first-order chi connectivity index (χ1) is 13.7. The van der Waals surface area contributed by atoms with E-state index in [1.54, 1.807) is 18.2 Å². The zero-order valence-corrected chi connectivity index (χ0v) is 17.0. The SMILES string of the molecule is O=S(=O)(c1ccccc1C(F)(F)F)N1CCN(CCSc2ccccc2F)CC1. The topological polar surface area (TPSA) is 40.6 Å². The Kier molecular flexibility index (Phi) is 6.87. The Bertz CT molecular complexity index is 943. The minimum atomic E-state index is -4.74. The Labute approximate surface area is 171 Å². The fraction of sp³-hybridized carbons (Fsp3) is 0.368. The van der Waals surface area contributed by atoms with Crippen molar-refractivity contribution in [2.45, 2.75) is 16.0 Å². The summed E-state index contributed by atoms with van der Waals surface area (Å²) >= 11 is 1.38. The van der Waals surface area contributed by atoms with Gasteiger partial charge in [0.1, 0.15) is 5.82 Å². The van der Waals surface area contributed by atoms with E-state index in [-0.39, 0.29) is 18.9 Å². The molecule has 1 fully saturated rings. The largest absolute Gasteiger partial charge is 0.417 e. The zero-order chi connectivity index (χ0) is 21.1. The maximum atomic E-state index is 13.6. The van der Waals surface area contributed by atoms with E-state index in [2.05, 4.69) is 0 Å². The van der Waals surface area contributed by atoms with E-state index in [1.807, 2.05) is 4.90 Å². The quantitative estimate of drug-likeness (QED) is 0.496. The molecule has 0 amide bonds. The van der Waals surface area contributed by atoms with Gasteiger partial charge in [-0.1, -0.05) is 24.3 Å². The lowest BCUT2D eigenvalue weighted by atomic mass is 10.2. The molecule has 0 N–H and O–H groups in total. The number of sulfonamides is 1. The molecule has 1 saturated heterocycles. The molecule has 2 aromatic carbocycles. The Morgan fingerprint density at radius 1 is 0.931 bits per heavy atom. The number of thioether (sulfide) groups is 1.